The van der Waals surface area contributed by atoms with Gasteiger partial charge in [0.05, 0.1) is 10.2 Å². The molecule has 1 saturated heterocycles. The third-order valence-corrected chi connectivity index (χ3v) is 5.73. The molecule has 3 aromatic rings. The number of carbonyl (C=O) groups is 1. The summed E-state index contributed by atoms with van der Waals surface area (Å²) in [6, 6.07) is 10.0. The predicted octanol–water partition coefficient (Wildman–Crippen LogP) is 3.40. The van der Waals surface area contributed by atoms with Gasteiger partial charge in [-0.05, 0) is 43.5 Å². The molecule has 1 aromatic carbocycles. The van der Waals surface area contributed by atoms with E-state index in [2.05, 4.69) is 40.3 Å². The molecule has 0 radical (unpaired) electrons. The maximum atomic E-state index is 12.3. The normalized spacial score (nSPS) is 15.5. The Hall–Kier alpha value is -2.47. The Morgan fingerprint density at radius 3 is 2.68 bits per heavy atom. The van der Waals surface area contributed by atoms with Crippen LogP contribution in [0.5, 0.6) is 0 Å². The van der Waals surface area contributed by atoms with Crippen LogP contribution in [-0.4, -0.2) is 35.0 Å². The number of nitrogens with one attached hydrogen (secondary N) is 1. The number of piperidine rings is 1. The number of amides is 1. The zero-order valence-corrected chi connectivity index (χ0v) is 14.9. The van der Waals surface area contributed by atoms with Crippen molar-refractivity contribution in [1.29, 1.82) is 0 Å². The van der Waals surface area contributed by atoms with Crippen LogP contribution in [0.4, 0.5) is 5.13 Å². The summed E-state index contributed by atoms with van der Waals surface area (Å²) in [6.07, 6.45) is 5.16. The minimum atomic E-state index is -0.0172. The Morgan fingerprint density at radius 1 is 1.20 bits per heavy atom. The molecule has 6 heteroatoms. The lowest BCUT2D eigenvalue weighted by atomic mass is 10.0. The number of aromatic nitrogens is 2. The number of thiazole rings is 1. The third kappa shape index (κ3) is 3.35. The second-order valence-electron chi connectivity index (χ2n) is 6.39. The predicted molar refractivity (Wildman–Crippen MR) is 101 cm³/mol. The molecule has 1 amide bonds. The average Bonchev–Trinajstić information content (AvgIpc) is 3.09. The lowest BCUT2D eigenvalue weighted by Gasteiger charge is -2.32. The molecule has 3 heterocycles. The van der Waals surface area contributed by atoms with Crippen molar-refractivity contribution >= 4 is 32.6 Å². The van der Waals surface area contributed by atoms with E-state index >= 15 is 0 Å². The minimum Gasteiger partial charge on any atom is -0.349 e. The van der Waals surface area contributed by atoms with Gasteiger partial charge in [-0.2, -0.15) is 0 Å². The average molecular weight is 352 g/mol. The molecule has 0 bridgehead atoms. The fourth-order valence-electron chi connectivity index (χ4n) is 3.20. The molecule has 0 unspecified atom stereocenters. The van der Waals surface area contributed by atoms with Crippen molar-refractivity contribution < 1.29 is 4.79 Å². The second kappa shape index (κ2) is 6.80. The SMILES string of the molecule is Cc1cccc2sc(N3CCC(NC(=O)c4ccncc4)CC3)nc12. The number of aryl methyl sites for hydroxylation is 1. The van der Waals surface area contributed by atoms with Gasteiger partial charge in [-0.3, -0.25) is 9.78 Å². The fourth-order valence-corrected chi connectivity index (χ4v) is 4.29. The Balaban J connectivity index is 1.39. The van der Waals surface area contributed by atoms with Crippen LogP contribution in [0.25, 0.3) is 10.2 Å². The molecule has 1 fully saturated rings. The first kappa shape index (κ1) is 16.0. The summed E-state index contributed by atoms with van der Waals surface area (Å²) in [5, 5.41) is 4.22. The molecule has 128 valence electrons. The molecule has 0 aliphatic carbocycles. The molecule has 0 atom stereocenters. The smallest absolute Gasteiger partial charge is 0.251 e. The molecule has 4 rings (SSSR count). The summed E-state index contributed by atoms with van der Waals surface area (Å²) in [5.74, 6) is -0.0172. The van der Waals surface area contributed by atoms with Crippen molar-refractivity contribution in [3.8, 4) is 0 Å². The Labute approximate surface area is 150 Å². The number of carbonyl (C=O) groups excluding carboxylic acids is 1. The summed E-state index contributed by atoms with van der Waals surface area (Å²) in [5.41, 5.74) is 2.99. The van der Waals surface area contributed by atoms with Crippen molar-refractivity contribution in [1.82, 2.24) is 15.3 Å². The van der Waals surface area contributed by atoms with E-state index in [0.717, 1.165) is 36.6 Å². The zero-order valence-electron chi connectivity index (χ0n) is 14.1. The van der Waals surface area contributed by atoms with Crippen LogP contribution in [0.1, 0.15) is 28.8 Å². The molecular formula is C19H20N4OS. The van der Waals surface area contributed by atoms with Gasteiger partial charge in [0.1, 0.15) is 0 Å². The Kier molecular flexibility index (Phi) is 4.36. The summed E-state index contributed by atoms with van der Waals surface area (Å²) >= 11 is 1.75. The number of nitrogens with zero attached hydrogens (tertiary/aromatic N) is 3. The van der Waals surface area contributed by atoms with E-state index in [9.17, 15) is 4.79 Å². The number of pyridine rings is 1. The highest BCUT2D eigenvalue weighted by molar-refractivity contribution is 7.22. The van der Waals surface area contributed by atoms with Crippen LogP contribution >= 0.6 is 11.3 Å². The summed E-state index contributed by atoms with van der Waals surface area (Å²) in [7, 11) is 0. The molecule has 25 heavy (non-hydrogen) atoms. The summed E-state index contributed by atoms with van der Waals surface area (Å²) < 4.78 is 1.24. The van der Waals surface area contributed by atoms with Crippen LogP contribution in [0.3, 0.4) is 0 Å². The van der Waals surface area contributed by atoms with Crippen molar-refractivity contribution in [3.63, 3.8) is 0 Å². The molecule has 1 aliphatic rings. The number of anilines is 1. The Morgan fingerprint density at radius 2 is 1.96 bits per heavy atom. The minimum absolute atomic E-state index is 0.0172. The van der Waals surface area contributed by atoms with Gasteiger partial charge in [0, 0.05) is 37.1 Å². The van der Waals surface area contributed by atoms with Gasteiger partial charge in [0.2, 0.25) is 0 Å². The van der Waals surface area contributed by atoms with E-state index in [-0.39, 0.29) is 11.9 Å². The van der Waals surface area contributed by atoms with E-state index in [1.54, 1.807) is 35.9 Å². The highest BCUT2D eigenvalue weighted by atomic mass is 32.1. The Bertz CT molecular complexity index is 885. The van der Waals surface area contributed by atoms with Gasteiger partial charge in [-0.25, -0.2) is 4.98 Å². The molecule has 0 spiro atoms. The number of rotatable bonds is 3. The molecule has 1 aliphatic heterocycles. The number of hydrogen-bond donors (Lipinski definition) is 1. The zero-order chi connectivity index (χ0) is 17.2. The van der Waals surface area contributed by atoms with Crippen LogP contribution in [-0.2, 0) is 0 Å². The van der Waals surface area contributed by atoms with Gasteiger partial charge in [-0.15, -0.1) is 0 Å². The van der Waals surface area contributed by atoms with Gasteiger partial charge in [-0.1, -0.05) is 23.5 Å². The van der Waals surface area contributed by atoms with E-state index in [1.807, 2.05) is 0 Å². The second-order valence-corrected chi connectivity index (χ2v) is 7.40. The van der Waals surface area contributed by atoms with E-state index in [4.69, 9.17) is 4.98 Å². The topological polar surface area (TPSA) is 58.1 Å². The number of benzene rings is 1. The van der Waals surface area contributed by atoms with Crippen LogP contribution in [0, 0.1) is 6.92 Å². The summed E-state index contributed by atoms with van der Waals surface area (Å²) in [4.78, 5) is 23.4. The number of para-hydroxylation sites is 1. The first-order valence-corrected chi connectivity index (χ1v) is 9.34. The summed E-state index contributed by atoms with van der Waals surface area (Å²) in [6.45, 7) is 3.94. The number of hydrogen-bond acceptors (Lipinski definition) is 5. The first-order valence-electron chi connectivity index (χ1n) is 8.53. The van der Waals surface area contributed by atoms with Crippen molar-refractivity contribution in [2.75, 3.05) is 18.0 Å². The molecule has 0 saturated carbocycles. The van der Waals surface area contributed by atoms with Crippen molar-refractivity contribution in [2.45, 2.75) is 25.8 Å². The van der Waals surface area contributed by atoms with E-state index < -0.39 is 0 Å². The monoisotopic (exact) mass is 352 g/mol. The maximum Gasteiger partial charge on any atom is 0.251 e. The quantitative estimate of drug-likeness (QED) is 0.785. The van der Waals surface area contributed by atoms with E-state index in [1.165, 1.54) is 10.3 Å². The highest BCUT2D eigenvalue weighted by Gasteiger charge is 2.23. The third-order valence-electron chi connectivity index (χ3n) is 4.65. The molecular weight excluding hydrogens is 332 g/mol. The van der Waals surface area contributed by atoms with Crippen LogP contribution < -0.4 is 10.2 Å². The molecule has 5 nitrogen and oxygen atoms in total. The highest BCUT2D eigenvalue weighted by Crippen LogP contribution is 2.31. The van der Waals surface area contributed by atoms with Crippen molar-refractivity contribution in [3.05, 3.63) is 53.9 Å². The van der Waals surface area contributed by atoms with Crippen molar-refractivity contribution in [2.24, 2.45) is 0 Å². The van der Waals surface area contributed by atoms with Crippen LogP contribution in [0.15, 0.2) is 42.7 Å². The lowest BCUT2D eigenvalue weighted by Crippen LogP contribution is -2.44. The molecule has 1 N–H and O–H groups in total. The van der Waals surface area contributed by atoms with Gasteiger partial charge in [0.25, 0.3) is 5.91 Å². The van der Waals surface area contributed by atoms with Gasteiger partial charge < -0.3 is 10.2 Å². The van der Waals surface area contributed by atoms with E-state index in [0.29, 0.717) is 5.56 Å². The van der Waals surface area contributed by atoms with Gasteiger partial charge >= 0.3 is 0 Å². The van der Waals surface area contributed by atoms with Crippen LogP contribution in [0.2, 0.25) is 0 Å². The standard InChI is InChI=1S/C19H20N4OS/c1-13-3-2-4-16-17(13)22-19(25-16)23-11-7-15(8-12-23)21-18(24)14-5-9-20-10-6-14/h2-6,9-10,15H,7-8,11-12H2,1H3,(H,21,24). The maximum absolute atomic E-state index is 12.3. The van der Waals surface area contributed by atoms with Gasteiger partial charge in [0.15, 0.2) is 5.13 Å². The molecule has 2 aromatic heterocycles. The fraction of sp³-hybridized carbons (Fsp3) is 0.316. The first-order chi connectivity index (χ1) is 12.2. The lowest BCUT2D eigenvalue weighted by molar-refractivity contribution is 0.0931. The largest absolute Gasteiger partial charge is 0.349 e. The number of fused-ring (bicyclic) bond motifs is 1.